The van der Waals surface area contributed by atoms with Crippen molar-refractivity contribution >= 4 is 12.4 Å². The second-order valence-corrected chi connectivity index (χ2v) is 4.68. The number of hydrogen-bond acceptors (Lipinski definition) is 6. The van der Waals surface area contributed by atoms with E-state index >= 15 is 0 Å². The van der Waals surface area contributed by atoms with Gasteiger partial charge in [0.05, 0.1) is 11.6 Å². The Hall–Kier alpha value is -1.97. The number of halogens is 3. The maximum Gasteiger partial charge on any atom is 0.132 e. The van der Waals surface area contributed by atoms with Gasteiger partial charge in [0.25, 0.3) is 0 Å². The average Bonchev–Trinajstić information content (AvgIpc) is 2.98. The Bertz CT molecular complexity index is 656. The fourth-order valence-electron chi connectivity index (χ4n) is 2.21. The van der Waals surface area contributed by atoms with Gasteiger partial charge in [-0.25, -0.2) is 14.7 Å². The zero-order chi connectivity index (χ0) is 16.8. The van der Waals surface area contributed by atoms with Crippen LogP contribution < -0.4 is 20.9 Å². The van der Waals surface area contributed by atoms with Gasteiger partial charge in [0.1, 0.15) is 36.3 Å². The largest absolute Gasteiger partial charge is 0.491 e. The van der Waals surface area contributed by atoms with Crippen molar-refractivity contribution in [2.75, 3.05) is 6.61 Å². The van der Waals surface area contributed by atoms with E-state index in [9.17, 15) is 8.78 Å². The Morgan fingerprint density at radius 1 is 1.21 bits per heavy atom. The topological polar surface area (TPSA) is 97.0 Å². The SMILES string of the molecule is Cl.NO.ON[C@@H]1COc2cc(OCc3c(F)cccc3F)ccc21. The fraction of sp³-hybridized carbons (Fsp3) is 0.200. The van der Waals surface area contributed by atoms with Crippen LogP contribution in [0, 0.1) is 11.6 Å². The van der Waals surface area contributed by atoms with Crippen LogP contribution in [0.25, 0.3) is 0 Å². The lowest BCUT2D eigenvalue weighted by atomic mass is 10.1. The van der Waals surface area contributed by atoms with Crippen LogP contribution in [0.15, 0.2) is 36.4 Å². The molecule has 0 saturated heterocycles. The second-order valence-electron chi connectivity index (χ2n) is 4.68. The van der Waals surface area contributed by atoms with Crippen molar-refractivity contribution in [3.05, 3.63) is 59.2 Å². The molecule has 9 heteroatoms. The monoisotopic (exact) mass is 362 g/mol. The summed E-state index contributed by atoms with van der Waals surface area (Å²) in [4.78, 5) is 0. The number of hydroxylamine groups is 1. The third kappa shape index (κ3) is 4.31. The molecule has 1 atom stereocenters. The Kier molecular flexibility index (Phi) is 7.83. The van der Waals surface area contributed by atoms with Crippen molar-refractivity contribution in [3.63, 3.8) is 0 Å². The quantitative estimate of drug-likeness (QED) is 0.624. The van der Waals surface area contributed by atoms with Gasteiger partial charge in [-0.2, -0.15) is 5.48 Å². The molecule has 132 valence electrons. The van der Waals surface area contributed by atoms with Gasteiger partial charge in [-0.15, -0.1) is 12.4 Å². The lowest BCUT2D eigenvalue weighted by Gasteiger charge is -2.10. The van der Waals surface area contributed by atoms with Crippen LogP contribution in [-0.4, -0.2) is 17.0 Å². The molecule has 1 heterocycles. The van der Waals surface area contributed by atoms with Gasteiger partial charge in [-0.3, -0.25) is 0 Å². The molecule has 1 aliphatic heterocycles. The lowest BCUT2D eigenvalue weighted by molar-refractivity contribution is 0.113. The maximum absolute atomic E-state index is 13.5. The summed E-state index contributed by atoms with van der Waals surface area (Å²) in [5.41, 5.74) is 2.84. The summed E-state index contributed by atoms with van der Waals surface area (Å²) >= 11 is 0. The van der Waals surface area contributed by atoms with Crippen molar-refractivity contribution in [3.8, 4) is 11.5 Å². The Balaban J connectivity index is 0.000000925. The lowest BCUT2D eigenvalue weighted by Crippen LogP contribution is -2.17. The number of rotatable bonds is 4. The molecule has 2 aromatic carbocycles. The van der Waals surface area contributed by atoms with E-state index in [-0.39, 0.29) is 30.6 Å². The van der Waals surface area contributed by atoms with E-state index in [1.165, 1.54) is 18.2 Å². The third-order valence-electron chi connectivity index (χ3n) is 3.37. The van der Waals surface area contributed by atoms with E-state index in [4.69, 9.17) is 19.9 Å². The van der Waals surface area contributed by atoms with Crippen molar-refractivity contribution in [1.82, 2.24) is 5.48 Å². The van der Waals surface area contributed by atoms with Crippen molar-refractivity contribution in [1.29, 1.82) is 0 Å². The zero-order valence-corrected chi connectivity index (χ0v) is 13.2. The Morgan fingerprint density at radius 3 is 2.50 bits per heavy atom. The third-order valence-corrected chi connectivity index (χ3v) is 3.37. The van der Waals surface area contributed by atoms with E-state index in [0.29, 0.717) is 18.1 Å². The van der Waals surface area contributed by atoms with Gasteiger partial charge in [0, 0.05) is 11.6 Å². The predicted octanol–water partition coefficient (Wildman–Crippen LogP) is 2.71. The minimum Gasteiger partial charge on any atom is -0.491 e. The molecule has 0 amide bonds. The number of hydrogen-bond donors (Lipinski definition) is 4. The average molecular weight is 363 g/mol. The summed E-state index contributed by atoms with van der Waals surface area (Å²) in [6.45, 7) is 0.107. The molecule has 3 rings (SSSR count). The van der Waals surface area contributed by atoms with Crippen LogP contribution in [0.1, 0.15) is 17.2 Å². The van der Waals surface area contributed by atoms with Crippen LogP contribution >= 0.6 is 12.4 Å². The summed E-state index contributed by atoms with van der Waals surface area (Å²) in [5.74, 6) is 3.23. The van der Waals surface area contributed by atoms with E-state index in [1.54, 1.807) is 18.2 Å². The van der Waals surface area contributed by atoms with E-state index < -0.39 is 11.6 Å². The van der Waals surface area contributed by atoms with Crippen LogP contribution in [0.5, 0.6) is 11.5 Å². The first-order valence-corrected chi connectivity index (χ1v) is 6.67. The zero-order valence-electron chi connectivity index (χ0n) is 12.4. The molecular weight excluding hydrogens is 346 g/mol. The van der Waals surface area contributed by atoms with Crippen molar-refractivity contribution < 1.29 is 28.7 Å². The summed E-state index contributed by atoms with van der Waals surface area (Å²) in [7, 11) is 0. The van der Waals surface area contributed by atoms with Gasteiger partial charge >= 0.3 is 0 Å². The molecule has 0 aromatic heterocycles. The molecule has 0 radical (unpaired) electrons. The first kappa shape index (κ1) is 20.1. The molecule has 1 aliphatic rings. The highest BCUT2D eigenvalue weighted by molar-refractivity contribution is 5.85. The molecular formula is C15H17ClF2N2O4. The second kappa shape index (κ2) is 9.36. The van der Waals surface area contributed by atoms with Gasteiger partial charge in [-0.1, -0.05) is 6.07 Å². The predicted molar refractivity (Wildman–Crippen MR) is 83.5 cm³/mol. The Labute approximate surface area is 143 Å². The highest BCUT2D eigenvalue weighted by Gasteiger charge is 2.23. The van der Waals surface area contributed by atoms with Crippen LogP contribution in [0.2, 0.25) is 0 Å². The van der Waals surface area contributed by atoms with Gasteiger partial charge in [-0.05, 0) is 24.3 Å². The first-order chi connectivity index (χ1) is 11.2. The maximum atomic E-state index is 13.5. The minimum absolute atomic E-state index is 0. The van der Waals surface area contributed by atoms with Crippen LogP contribution in [-0.2, 0) is 6.61 Å². The molecule has 24 heavy (non-hydrogen) atoms. The summed E-state index contributed by atoms with van der Waals surface area (Å²) in [5, 5.41) is 15.5. The van der Waals surface area contributed by atoms with Crippen molar-refractivity contribution in [2.24, 2.45) is 5.90 Å². The normalized spacial score (nSPS) is 14.6. The highest BCUT2D eigenvalue weighted by atomic mass is 35.5. The summed E-state index contributed by atoms with van der Waals surface area (Å²) in [6, 6.07) is 8.43. The number of fused-ring (bicyclic) bond motifs is 1. The smallest absolute Gasteiger partial charge is 0.132 e. The molecule has 0 spiro atoms. The van der Waals surface area contributed by atoms with Gasteiger partial charge in [0.2, 0.25) is 0 Å². The van der Waals surface area contributed by atoms with Gasteiger partial charge in [0.15, 0.2) is 0 Å². The minimum atomic E-state index is -0.642. The number of benzene rings is 2. The number of nitrogens with two attached hydrogens (primary N) is 1. The van der Waals surface area contributed by atoms with Crippen LogP contribution in [0.3, 0.4) is 0 Å². The fourth-order valence-corrected chi connectivity index (χ4v) is 2.21. The molecule has 0 fully saturated rings. The molecule has 0 bridgehead atoms. The van der Waals surface area contributed by atoms with Gasteiger partial charge < -0.3 is 19.9 Å². The van der Waals surface area contributed by atoms with E-state index in [1.807, 2.05) is 0 Å². The molecule has 2 aromatic rings. The summed E-state index contributed by atoms with van der Waals surface area (Å²) in [6.07, 6.45) is 0. The summed E-state index contributed by atoms with van der Waals surface area (Å²) < 4.78 is 37.8. The van der Waals surface area contributed by atoms with Crippen molar-refractivity contribution in [2.45, 2.75) is 12.6 Å². The van der Waals surface area contributed by atoms with E-state index in [2.05, 4.69) is 11.4 Å². The molecule has 0 unspecified atom stereocenters. The molecule has 0 saturated carbocycles. The number of ether oxygens (including phenoxy) is 2. The highest BCUT2D eigenvalue weighted by Crippen LogP contribution is 2.35. The molecule has 5 N–H and O–H groups in total. The molecule has 0 aliphatic carbocycles. The number of nitrogens with one attached hydrogen (secondary N) is 1. The van der Waals surface area contributed by atoms with Crippen LogP contribution in [0.4, 0.5) is 8.78 Å². The van der Waals surface area contributed by atoms with E-state index in [0.717, 1.165) is 5.56 Å². The molecule has 6 nitrogen and oxygen atoms in total. The first-order valence-electron chi connectivity index (χ1n) is 6.67. The standard InChI is InChI=1S/C15H13F2NO3.ClH.H3NO/c16-12-2-1-3-13(17)11(12)7-20-9-4-5-10-14(18-19)8-21-15(10)6-9;;1-2/h1-6,14,18-19H,7-8H2;1H;2H,1H2/t14-;;/m1../s1. The Morgan fingerprint density at radius 2 is 1.88 bits per heavy atom.